The Kier molecular flexibility index (Phi) is 7.93. The molecule has 4 aliphatic carbocycles. The lowest BCUT2D eigenvalue weighted by Gasteiger charge is -2.56. The highest BCUT2D eigenvalue weighted by Crippen LogP contribution is 2.64. The monoisotopic (exact) mass is 382 g/mol. The Hall–Kier alpha value is -0.440. The molecule has 0 heterocycles. The summed E-state index contributed by atoms with van der Waals surface area (Å²) in [7, 11) is 1.00. The summed E-state index contributed by atoms with van der Waals surface area (Å²) < 4.78 is 15.0. The number of aliphatic hydroxyl groups is 1. The highest BCUT2D eigenvalue weighted by molar-refractivity contribution is 5.79. The first-order valence-corrected chi connectivity index (χ1v) is 11.5. The quantitative estimate of drug-likeness (QED) is 0.598. The first-order valence-electron chi connectivity index (χ1n) is 11.5. The first-order chi connectivity index (χ1) is 12.9. The third-order valence-electron chi connectivity index (χ3n) is 8.71. The molecule has 158 valence electrons. The highest BCUT2D eigenvalue weighted by atomic mass is 19.1. The van der Waals surface area contributed by atoms with Gasteiger partial charge in [0, 0.05) is 13.0 Å². The molecule has 0 spiro atoms. The summed E-state index contributed by atoms with van der Waals surface area (Å²) in [6.07, 6.45) is 8.58. The Balaban J connectivity index is 0.000000614. The van der Waals surface area contributed by atoms with Crippen LogP contribution in [0.25, 0.3) is 0 Å². The van der Waals surface area contributed by atoms with Gasteiger partial charge in [0.1, 0.15) is 12.0 Å². The van der Waals surface area contributed by atoms with Crippen LogP contribution < -0.4 is 0 Å². The first kappa shape index (κ1) is 22.8. The number of aliphatic hydroxyl groups excluding tert-OH is 1. The third kappa shape index (κ3) is 4.00. The number of hydrogen-bond donors (Lipinski definition) is 1. The smallest absolute Gasteiger partial charge is 0.133 e. The second-order valence-electron chi connectivity index (χ2n) is 9.72. The number of hydrogen-bond acceptors (Lipinski definition) is 2. The van der Waals surface area contributed by atoms with Gasteiger partial charge in [-0.2, -0.15) is 0 Å². The largest absolute Gasteiger partial charge is 0.400 e. The van der Waals surface area contributed by atoms with Crippen molar-refractivity contribution >= 4 is 5.78 Å². The third-order valence-corrected chi connectivity index (χ3v) is 8.71. The van der Waals surface area contributed by atoms with Crippen LogP contribution in [0.2, 0.25) is 0 Å². The summed E-state index contributed by atoms with van der Waals surface area (Å²) in [5.74, 6) is 4.24. The Morgan fingerprint density at radius 2 is 1.56 bits per heavy atom. The number of rotatable bonds is 1. The normalized spacial score (nSPS) is 47.9. The van der Waals surface area contributed by atoms with E-state index in [1.807, 2.05) is 13.8 Å². The van der Waals surface area contributed by atoms with E-state index < -0.39 is 6.17 Å². The summed E-state index contributed by atoms with van der Waals surface area (Å²) in [4.78, 5) is 12.1. The zero-order chi connectivity index (χ0) is 20.4. The summed E-state index contributed by atoms with van der Waals surface area (Å²) in [6.45, 7) is 10.4. The lowest BCUT2D eigenvalue weighted by molar-refractivity contribution is -0.130. The molecule has 4 rings (SSSR count). The highest BCUT2D eigenvalue weighted by Gasteiger charge is 2.59. The number of Topliss-reactive ketones (excluding diaryl/α,β-unsaturated/α-hetero) is 1. The van der Waals surface area contributed by atoms with Gasteiger partial charge in [0.25, 0.3) is 0 Å². The zero-order valence-corrected chi connectivity index (χ0v) is 18.5. The van der Waals surface area contributed by atoms with Gasteiger partial charge in [-0.1, -0.05) is 34.1 Å². The Labute approximate surface area is 166 Å². The van der Waals surface area contributed by atoms with E-state index in [1.54, 1.807) is 6.92 Å². The van der Waals surface area contributed by atoms with Crippen molar-refractivity contribution in [2.45, 2.75) is 92.2 Å². The molecule has 0 aromatic heterocycles. The molecular weight excluding hydrogens is 339 g/mol. The number of fused-ring (bicyclic) bond motifs is 5. The number of carbonyl (C=O) groups is 1. The van der Waals surface area contributed by atoms with E-state index in [0.717, 1.165) is 32.3 Å². The molecule has 0 aliphatic heterocycles. The molecular formula is C24H43FO2. The Bertz CT molecular complexity index is 493. The summed E-state index contributed by atoms with van der Waals surface area (Å²) in [6, 6.07) is 0. The molecule has 9 unspecified atom stereocenters. The predicted molar refractivity (Wildman–Crippen MR) is 110 cm³/mol. The number of carbonyl (C=O) groups excluding carboxylic acids is 1. The van der Waals surface area contributed by atoms with Gasteiger partial charge < -0.3 is 5.11 Å². The van der Waals surface area contributed by atoms with Crippen LogP contribution >= 0.6 is 0 Å². The summed E-state index contributed by atoms with van der Waals surface area (Å²) in [5.41, 5.74) is 0.168. The molecule has 4 aliphatic rings. The lowest BCUT2D eigenvalue weighted by Crippen LogP contribution is -2.52. The number of alkyl halides is 1. The van der Waals surface area contributed by atoms with Crippen molar-refractivity contribution < 1.29 is 14.3 Å². The number of halogens is 1. The van der Waals surface area contributed by atoms with Gasteiger partial charge in [-0.3, -0.25) is 4.79 Å². The second-order valence-corrected chi connectivity index (χ2v) is 9.72. The maximum atomic E-state index is 15.0. The van der Waals surface area contributed by atoms with Crippen molar-refractivity contribution in [2.75, 3.05) is 7.11 Å². The van der Waals surface area contributed by atoms with Gasteiger partial charge in [0.05, 0.1) is 0 Å². The van der Waals surface area contributed by atoms with Crippen molar-refractivity contribution in [3.8, 4) is 0 Å². The molecule has 0 aromatic carbocycles. The van der Waals surface area contributed by atoms with Crippen molar-refractivity contribution in [2.24, 2.45) is 46.8 Å². The van der Waals surface area contributed by atoms with Crippen molar-refractivity contribution in [1.29, 1.82) is 0 Å². The van der Waals surface area contributed by atoms with E-state index in [9.17, 15) is 4.79 Å². The lowest BCUT2D eigenvalue weighted by atomic mass is 9.49. The standard InChI is InChI=1S/C21H33FO.C2H6.CH4O/c1-12-4-5-14-15-8-9-21(3)18(13(2)23)6-7-19(21)16(15)11-20(22)17(14)10-12;2*1-2/h12,14-20H,4-11H2,1-3H3;1-2H3;2H,1H3. The number of ketones is 1. The van der Waals surface area contributed by atoms with E-state index >= 15 is 4.39 Å². The van der Waals surface area contributed by atoms with Crippen LogP contribution in [0.1, 0.15) is 86.0 Å². The van der Waals surface area contributed by atoms with Crippen molar-refractivity contribution in [1.82, 2.24) is 0 Å². The van der Waals surface area contributed by atoms with Crippen molar-refractivity contribution in [3.63, 3.8) is 0 Å². The minimum absolute atomic E-state index is 0.168. The molecule has 9 atom stereocenters. The van der Waals surface area contributed by atoms with Crippen LogP contribution in [-0.2, 0) is 4.79 Å². The molecule has 0 amide bonds. The van der Waals surface area contributed by atoms with Crippen LogP contribution in [0.3, 0.4) is 0 Å². The molecule has 2 nitrogen and oxygen atoms in total. The fourth-order valence-electron chi connectivity index (χ4n) is 7.69. The average molecular weight is 383 g/mol. The van der Waals surface area contributed by atoms with Crippen LogP contribution in [0.15, 0.2) is 0 Å². The van der Waals surface area contributed by atoms with Gasteiger partial charge in [-0.05, 0) is 92.8 Å². The average Bonchev–Trinajstić information content (AvgIpc) is 3.03. The predicted octanol–water partition coefficient (Wildman–Crippen LogP) is 6.06. The SMILES string of the molecule is CC.CC(=O)C1CCC2C3CC(F)C4CC(C)CCC4C3CCC12C.CO. The molecule has 0 saturated heterocycles. The van der Waals surface area contributed by atoms with E-state index in [0.29, 0.717) is 35.4 Å². The molecule has 0 aromatic rings. The van der Waals surface area contributed by atoms with E-state index in [4.69, 9.17) is 5.11 Å². The van der Waals surface area contributed by atoms with E-state index in [2.05, 4.69) is 13.8 Å². The molecule has 0 radical (unpaired) electrons. The van der Waals surface area contributed by atoms with Crippen LogP contribution in [-0.4, -0.2) is 24.2 Å². The maximum Gasteiger partial charge on any atom is 0.133 e. The molecule has 1 N–H and O–H groups in total. The molecule has 0 bridgehead atoms. The maximum absolute atomic E-state index is 15.0. The Morgan fingerprint density at radius 3 is 2.19 bits per heavy atom. The minimum Gasteiger partial charge on any atom is -0.400 e. The van der Waals surface area contributed by atoms with Gasteiger partial charge in [0.2, 0.25) is 0 Å². The van der Waals surface area contributed by atoms with Gasteiger partial charge in [-0.25, -0.2) is 4.39 Å². The van der Waals surface area contributed by atoms with Crippen LogP contribution in [0.4, 0.5) is 4.39 Å². The Morgan fingerprint density at radius 1 is 0.926 bits per heavy atom. The second kappa shape index (κ2) is 9.37. The zero-order valence-electron chi connectivity index (χ0n) is 18.5. The van der Waals surface area contributed by atoms with Crippen molar-refractivity contribution in [3.05, 3.63) is 0 Å². The molecule has 3 heteroatoms. The fourth-order valence-corrected chi connectivity index (χ4v) is 7.69. The molecule has 4 saturated carbocycles. The van der Waals surface area contributed by atoms with Crippen LogP contribution in [0, 0.1) is 46.8 Å². The molecule has 27 heavy (non-hydrogen) atoms. The van der Waals surface area contributed by atoms with Gasteiger partial charge in [-0.15, -0.1) is 0 Å². The van der Waals surface area contributed by atoms with E-state index in [-0.39, 0.29) is 11.3 Å². The van der Waals surface area contributed by atoms with E-state index in [1.165, 1.54) is 32.1 Å². The topological polar surface area (TPSA) is 37.3 Å². The summed E-state index contributed by atoms with van der Waals surface area (Å²) >= 11 is 0. The molecule has 4 fully saturated rings. The van der Waals surface area contributed by atoms with Crippen LogP contribution in [0.5, 0.6) is 0 Å². The van der Waals surface area contributed by atoms with Gasteiger partial charge >= 0.3 is 0 Å². The van der Waals surface area contributed by atoms with Gasteiger partial charge in [0.15, 0.2) is 0 Å². The fraction of sp³-hybridized carbons (Fsp3) is 0.958. The summed E-state index contributed by atoms with van der Waals surface area (Å²) in [5, 5.41) is 7.00. The minimum atomic E-state index is -0.581.